The maximum Gasteiger partial charge on any atom is 0.341 e. The van der Waals surface area contributed by atoms with Gasteiger partial charge in [0.1, 0.15) is 10.7 Å². The zero-order valence-corrected chi connectivity index (χ0v) is 18.8. The molecule has 0 bridgehead atoms. The van der Waals surface area contributed by atoms with Crippen LogP contribution in [0.1, 0.15) is 86.5 Å². The number of hydrogen-bond acceptors (Lipinski definition) is 7. The van der Waals surface area contributed by atoms with E-state index < -0.39 is 30.3 Å². The Morgan fingerprint density at radius 1 is 1.27 bits per heavy atom. The van der Waals surface area contributed by atoms with E-state index in [9.17, 15) is 23.2 Å². The van der Waals surface area contributed by atoms with Gasteiger partial charge in [0.15, 0.2) is 11.3 Å². The predicted molar refractivity (Wildman–Crippen MR) is 116 cm³/mol. The van der Waals surface area contributed by atoms with Crippen LogP contribution in [0.15, 0.2) is 12.1 Å². The number of alkyl halides is 2. The van der Waals surface area contributed by atoms with E-state index in [1.807, 2.05) is 0 Å². The number of nitrogens with two attached hydrogens (primary N) is 1. The van der Waals surface area contributed by atoms with E-state index in [0.717, 1.165) is 28.7 Å². The lowest BCUT2D eigenvalue weighted by molar-refractivity contribution is 0.0379. The Kier molecular flexibility index (Phi) is 5.87. The number of thiophene rings is 1. The Balaban J connectivity index is 1.71. The summed E-state index contributed by atoms with van der Waals surface area (Å²) in [6.07, 6.45) is -1.49. The number of ether oxygens (including phenoxy) is 1. The molecule has 3 aromatic rings. The predicted octanol–water partition coefficient (Wildman–Crippen LogP) is 3.83. The molecule has 174 valence electrons. The minimum atomic E-state index is -2.81. The molecule has 0 aromatic carbocycles. The van der Waals surface area contributed by atoms with E-state index in [1.54, 1.807) is 13.8 Å². The second kappa shape index (κ2) is 8.50. The number of amides is 2. The third-order valence-corrected chi connectivity index (χ3v) is 6.29. The van der Waals surface area contributed by atoms with Crippen LogP contribution in [0.25, 0.3) is 5.65 Å². The molecule has 3 aromatic heterocycles. The van der Waals surface area contributed by atoms with Crippen molar-refractivity contribution >= 4 is 39.8 Å². The lowest BCUT2D eigenvalue weighted by Crippen LogP contribution is -2.17. The number of carbonyl (C=O) groups is 3. The van der Waals surface area contributed by atoms with Crippen molar-refractivity contribution in [3.05, 3.63) is 45.2 Å². The molecule has 0 spiro atoms. The number of aromatic nitrogens is 3. The molecule has 4 rings (SSSR count). The minimum Gasteiger partial charge on any atom is -0.459 e. The normalized spacial score (nSPS) is 13.7. The fourth-order valence-corrected chi connectivity index (χ4v) is 4.44. The number of primary amides is 1. The van der Waals surface area contributed by atoms with E-state index in [2.05, 4.69) is 15.4 Å². The summed E-state index contributed by atoms with van der Waals surface area (Å²) < 4.78 is 33.4. The molecule has 12 heteroatoms. The summed E-state index contributed by atoms with van der Waals surface area (Å²) in [6, 6.07) is 2.61. The van der Waals surface area contributed by atoms with E-state index in [4.69, 9.17) is 10.5 Å². The molecule has 2 amide bonds. The quantitative estimate of drug-likeness (QED) is 0.498. The molecule has 1 saturated carbocycles. The number of hydrogen-bond donors (Lipinski definition) is 2. The Bertz CT molecular complexity index is 1280. The smallest absolute Gasteiger partial charge is 0.341 e. The fourth-order valence-electron chi connectivity index (χ4n) is 3.40. The number of rotatable bonds is 7. The summed E-state index contributed by atoms with van der Waals surface area (Å²) >= 11 is 0.825. The number of halogens is 2. The Labute approximate surface area is 190 Å². The van der Waals surface area contributed by atoms with Crippen molar-refractivity contribution in [3.63, 3.8) is 0 Å². The molecule has 9 nitrogen and oxygen atoms in total. The monoisotopic (exact) mass is 477 g/mol. The van der Waals surface area contributed by atoms with Gasteiger partial charge in [-0.2, -0.15) is 5.10 Å². The molecule has 0 atom stereocenters. The van der Waals surface area contributed by atoms with Crippen LogP contribution in [-0.4, -0.2) is 38.5 Å². The van der Waals surface area contributed by atoms with Crippen LogP contribution in [0, 0.1) is 6.92 Å². The number of fused-ring (bicyclic) bond motifs is 1. The molecule has 33 heavy (non-hydrogen) atoms. The molecule has 0 unspecified atom stereocenters. The average Bonchev–Trinajstić information content (AvgIpc) is 3.39. The lowest BCUT2D eigenvalue weighted by Gasteiger charge is -2.10. The lowest BCUT2D eigenvalue weighted by atomic mass is 10.1. The van der Waals surface area contributed by atoms with Gasteiger partial charge in [0, 0.05) is 17.7 Å². The van der Waals surface area contributed by atoms with Gasteiger partial charge < -0.3 is 15.8 Å². The van der Waals surface area contributed by atoms with Gasteiger partial charge in [-0.15, -0.1) is 11.3 Å². The Morgan fingerprint density at radius 2 is 1.97 bits per heavy atom. The molecule has 0 aliphatic heterocycles. The van der Waals surface area contributed by atoms with Crippen LogP contribution < -0.4 is 11.1 Å². The van der Waals surface area contributed by atoms with Gasteiger partial charge in [-0.25, -0.2) is 23.1 Å². The molecule has 1 aliphatic carbocycles. The summed E-state index contributed by atoms with van der Waals surface area (Å²) in [5, 5.41) is 6.58. The van der Waals surface area contributed by atoms with Gasteiger partial charge in [0.25, 0.3) is 18.2 Å². The van der Waals surface area contributed by atoms with E-state index in [-0.39, 0.29) is 44.0 Å². The number of esters is 1. The Hall–Kier alpha value is -3.41. The standard InChI is InChI=1S/C21H21F2N5O4S/c1-8(2)32-21(31)15-9(3)16(18(24)29)33-20(15)26-19(30)12-7-14-25-11(10-4-5-10)6-13(17(22)23)28(14)27-12/h6-8,10,17H,4-5H2,1-3H3,(H2,24,29)(H,26,30). The zero-order valence-electron chi connectivity index (χ0n) is 18.0. The van der Waals surface area contributed by atoms with E-state index in [0.29, 0.717) is 5.69 Å². The van der Waals surface area contributed by atoms with Crippen molar-refractivity contribution in [2.75, 3.05) is 5.32 Å². The number of nitrogens with zero attached hydrogens (tertiary/aromatic N) is 3. The number of anilines is 1. The summed E-state index contributed by atoms with van der Waals surface area (Å²) in [6.45, 7) is 4.84. The molecule has 0 radical (unpaired) electrons. The van der Waals surface area contributed by atoms with E-state index in [1.165, 1.54) is 19.1 Å². The molecular weight excluding hydrogens is 456 g/mol. The van der Waals surface area contributed by atoms with Crippen LogP contribution in [0.5, 0.6) is 0 Å². The first-order valence-electron chi connectivity index (χ1n) is 10.2. The SMILES string of the molecule is Cc1c(C(N)=O)sc(NC(=O)c2cc3nc(C4CC4)cc(C(F)F)n3n2)c1C(=O)OC(C)C. The second-order valence-corrected chi connectivity index (χ2v) is 9.03. The van der Waals surface area contributed by atoms with Crippen molar-refractivity contribution in [1.82, 2.24) is 14.6 Å². The first-order chi connectivity index (χ1) is 15.6. The van der Waals surface area contributed by atoms with Crippen LogP contribution in [0.4, 0.5) is 13.8 Å². The molecule has 3 heterocycles. The Morgan fingerprint density at radius 3 is 2.55 bits per heavy atom. The molecule has 3 N–H and O–H groups in total. The van der Waals surface area contributed by atoms with Crippen LogP contribution in [0.3, 0.4) is 0 Å². The summed E-state index contributed by atoms with van der Waals surface area (Å²) in [5.41, 5.74) is 5.81. The second-order valence-electron chi connectivity index (χ2n) is 8.01. The van der Waals surface area contributed by atoms with Crippen LogP contribution in [-0.2, 0) is 4.74 Å². The molecule has 1 fully saturated rings. The highest BCUT2D eigenvalue weighted by molar-refractivity contribution is 7.18. The van der Waals surface area contributed by atoms with Crippen LogP contribution >= 0.6 is 11.3 Å². The highest BCUT2D eigenvalue weighted by atomic mass is 32.1. The molecule has 0 saturated heterocycles. The molecular formula is C21H21F2N5O4S. The maximum absolute atomic E-state index is 13.6. The van der Waals surface area contributed by atoms with Gasteiger partial charge in [-0.05, 0) is 45.2 Å². The third-order valence-electron chi connectivity index (χ3n) is 5.07. The van der Waals surface area contributed by atoms with Crippen LogP contribution in [0.2, 0.25) is 0 Å². The van der Waals surface area contributed by atoms with Crippen molar-refractivity contribution in [1.29, 1.82) is 0 Å². The topological polar surface area (TPSA) is 129 Å². The summed E-state index contributed by atoms with van der Waals surface area (Å²) in [7, 11) is 0. The fraction of sp³-hybridized carbons (Fsp3) is 0.381. The summed E-state index contributed by atoms with van der Waals surface area (Å²) in [4.78, 5) is 41.7. The average molecular weight is 477 g/mol. The zero-order chi connectivity index (χ0) is 24.0. The van der Waals surface area contributed by atoms with Gasteiger partial charge in [-0.1, -0.05) is 0 Å². The van der Waals surface area contributed by atoms with Crippen molar-refractivity contribution in [3.8, 4) is 0 Å². The largest absolute Gasteiger partial charge is 0.459 e. The number of nitrogens with one attached hydrogen (secondary N) is 1. The first kappa shape index (κ1) is 22.8. The third kappa shape index (κ3) is 4.42. The minimum absolute atomic E-state index is 0.00188. The van der Waals surface area contributed by atoms with Crippen molar-refractivity contribution < 1.29 is 27.9 Å². The first-order valence-corrected chi connectivity index (χ1v) is 11.0. The van der Waals surface area contributed by atoms with Gasteiger partial charge in [0.2, 0.25) is 0 Å². The highest BCUT2D eigenvalue weighted by Gasteiger charge is 2.30. The van der Waals surface area contributed by atoms with Gasteiger partial charge in [-0.3, -0.25) is 9.59 Å². The van der Waals surface area contributed by atoms with E-state index >= 15 is 0 Å². The van der Waals surface area contributed by atoms with Gasteiger partial charge in [0.05, 0.1) is 16.5 Å². The number of carbonyl (C=O) groups excluding carboxylic acids is 3. The van der Waals surface area contributed by atoms with Crippen molar-refractivity contribution in [2.24, 2.45) is 5.73 Å². The maximum atomic E-state index is 13.6. The van der Waals surface area contributed by atoms with Gasteiger partial charge >= 0.3 is 5.97 Å². The molecule has 1 aliphatic rings. The highest BCUT2D eigenvalue weighted by Crippen LogP contribution is 2.40. The van der Waals surface area contributed by atoms with Crippen molar-refractivity contribution in [2.45, 2.75) is 52.1 Å². The summed E-state index contributed by atoms with van der Waals surface area (Å²) in [5.74, 6) is -2.12.